The van der Waals surface area contributed by atoms with E-state index in [1.807, 2.05) is 0 Å². The maximum atomic E-state index is 12.0. The van der Waals surface area contributed by atoms with Crippen LogP contribution in [0.2, 0.25) is 0 Å². The minimum absolute atomic E-state index is 0.153. The summed E-state index contributed by atoms with van der Waals surface area (Å²) >= 11 is 3.23. The predicted molar refractivity (Wildman–Crippen MR) is 113 cm³/mol. The highest BCUT2D eigenvalue weighted by Gasteiger charge is 2.21. The minimum Gasteiger partial charge on any atom is -0.450 e. The van der Waals surface area contributed by atoms with Crippen LogP contribution in [0.1, 0.15) is 15.9 Å². The van der Waals surface area contributed by atoms with E-state index < -0.39 is 27.1 Å². The number of nitrogens with zero attached hydrogens (tertiary/aromatic N) is 4. The van der Waals surface area contributed by atoms with Crippen LogP contribution < -0.4 is 10.2 Å². The number of ether oxygens (including phenoxy) is 1. The molecule has 12 heteroatoms. The molecule has 0 fully saturated rings. The van der Waals surface area contributed by atoms with Gasteiger partial charge in [-0.2, -0.15) is 5.10 Å². The van der Waals surface area contributed by atoms with Gasteiger partial charge in [0.25, 0.3) is 11.6 Å². The topological polar surface area (TPSA) is 150 Å². The lowest BCUT2D eigenvalue weighted by Gasteiger charge is -2.07. The first kappa shape index (κ1) is 21.5. The van der Waals surface area contributed by atoms with Gasteiger partial charge in [-0.15, -0.1) is 0 Å². The molecule has 0 aliphatic carbocycles. The summed E-state index contributed by atoms with van der Waals surface area (Å²) in [6, 6.07) is 11.1. The van der Waals surface area contributed by atoms with Crippen molar-refractivity contribution in [1.82, 2.24) is 10.4 Å². The first-order chi connectivity index (χ1) is 14.8. The molecule has 1 N–H and O–H groups in total. The lowest BCUT2D eigenvalue weighted by Crippen LogP contribution is -2.17. The fraction of sp³-hybridized carbons (Fsp3) is 0. The van der Waals surface area contributed by atoms with Gasteiger partial charge in [0.2, 0.25) is 5.75 Å². The smallest absolute Gasteiger partial charge is 0.318 e. The van der Waals surface area contributed by atoms with Crippen LogP contribution in [-0.2, 0) is 0 Å². The number of nitrogens with one attached hydrogen (secondary N) is 1. The van der Waals surface area contributed by atoms with Crippen molar-refractivity contribution >= 4 is 39.4 Å². The summed E-state index contributed by atoms with van der Waals surface area (Å²) in [5, 5.41) is 25.9. The molecule has 0 atom stereocenters. The molecule has 3 rings (SSSR count). The zero-order valence-corrected chi connectivity index (χ0v) is 17.1. The maximum absolute atomic E-state index is 12.0. The number of rotatable bonds is 7. The van der Waals surface area contributed by atoms with Gasteiger partial charge in [0.05, 0.1) is 27.7 Å². The Morgan fingerprint density at radius 3 is 2.61 bits per heavy atom. The molecule has 0 aliphatic heterocycles. The van der Waals surface area contributed by atoms with Crippen molar-refractivity contribution < 1.29 is 19.4 Å². The number of carbonyl (C=O) groups excluding carboxylic acids is 1. The van der Waals surface area contributed by atoms with Crippen LogP contribution in [0.4, 0.5) is 11.4 Å². The summed E-state index contributed by atoms with van der Waals surface area (Å²) in [5.74, 6) is -0.373. The second kappa shape index (κ2) is 9.54. The van der Waals surface area contributed by atoms with Gasteiger partial charge < -0.3 is 4.74 Å². The molecule has 31 heavy (non-hydrogen) atoms. The number of hydrazone groups is 1. The summed E-state index contributed by atoms with van der Waals surface area (Å²) in [7, 11) is 0. The van der Waals surface area contributed by atoms with E-state index in [9.17, 15) is 25.0 Å². The zero-order valence-electron chi connectivity index (χ0n) is 15.5. The highest BCUT2D eigenvalue weighted by molar-refractivity contribution is 9.10. The molecule has 1 amide bonds. The van der Waals surface area contributed by atoms with E-state index in [1.54, 1.807) is 30.5 Å². The fourth-order valence-corrected chi connectivity index (χ4v) is 2.76. The van der Waals surface area contributed by atoms with Crippen LogP contribution in [0.25, 0.3) is 0 Å². The SMILES string of the molecule is O=C(N/N=C\c1cccc(Oc2ccc([N+](=O)[O-])cc2[N+](=O)[O-])c1)c1cncc(Br)c1. The molecule has 0 saturated heterocycles. The predicted octanol–water partition coefficient (Wildman–Crippen LogP) is 4.22. The van der Waals surface area contributed by atoms with Crippen LogP contribution in [0.15, 0.2) is 70.5 Å². The first-order valence-corrected chi connectivity index (χ1v) is 9.27. The van der Waals surface area contributed by atoms with E-state index in [4.69, 9.17) is 4.74 Å². The first-order valence-electron chi connectivity index (χ1n) is 8.48. The maximum Gasteiger partial charge on any atom is 0.318 e. The largest absolute Gasteiger partial charge is 0.450 e. The molecule has 11 nitrogen and oxygen atoms in total. The molecule has 2 aromatic carbocycles. The van der Waals surface area contributed by atoms with Gasteiger partial charge in [-0.1, -0.05) is 12.1 Å². The Labute approximate surface area is 182 Å². The van der Waals surface area contributed by atoms with Gasteiger partial charge in [0.1, 0.15) is 5.75 Å². The monoisotopic (exact) mass is 485 g/mol. The van der Waals surface area contributed by atoms with Gasteiger partial charge in [-0.05, 0) is 45.8 Å². The molecule has 0 saturated carbocycles. The highest BCUT2D eigenvalue weighted by atomic mass is 79.9. The Balaban J connectivity index is 1.73. The van der Waals surface area contributed by atoms with E-state index in [0.717, 1.165) is 18.2 Å². The quantitative estimate of drug-likeness (QED) is 0.298. The Bertz CT molecular complexity index is 1200. The van der Waals surface area contributed by atoms with E-state index in [2.05, 4.69) is 31.4 Å². The van der Waals surface area contributed by atoms with Crippen molar-refractivity contribution in [3.8, 4) is 11.5 Å². The zero-order chi connectivity index (χ0) is 22.4. The number of hydrogen-bond donors (Lipinski definition) is 1. The van der Waals surface area contributed by atoms with Gasteiger partial charge in [-0.25, -0.2) is 5.43 Å². The summed E-state index contributed by atoms with van der Waals surface area (Å²) in [5.41, 5.74) is 2.25. The van der Waals surface area contributed by atoms with E-state index in [-0.39, 0.29) is 11.5 Å². The van der Waals surface area contributed by atoms with Crippen molar-refractivity contribution in [2.24, 2.45) is 5.10 Å². The number of non-ortho nitro benzene ring substituents is 1. The normalized spacial score (nSPS) is 10.6. The third-order valence-corrected chi connectivity index (χ3v) is 4.22. The number of hydrogen-bond acceptors (Lipinski definition) is 8. The lowest BCUT2D eigenvalue weighted by molar-refractivity contribution is -0.394. The summed E-state index contributed by atoms with van der Waals surface area (Å²) in [6.07, 6.45) is 4.29. The van der Waals surface area contributed by atoms with Crippen LogP contribution in [0, 0.1) is 20.2 Å². The second-order valence-electron chi connectivity index (χ2n) is 5.93. The molecule has 0 aliphatic rings. The average molecular weight is 486 g/mol. The van der Waals surface area contributed by atoms with E-state index in [0.29, 0.717) is 15.6 Å². The Hall–Kier alpha value is -4.19. The van der Waals surface area contributed by atoms with Gasteiger partial charge in [0, 0.05) is 22.9 Å². The van der Waals surface area contributed by atoms with Gasteiger partial charge >= 0.3 is 5.69 Å². The van der Waals surface area contributed by atoms with Crippen molar-refractivity contribution in [2.75, 3.05) is 0 Å². The Morgan fingerprint density at radius 1 is 1.10 bits per heavy atom. The number of halogens is 1. The van der Waals surface area contributed by atoms with Crippen LogP contribution in [0.3, 0.4) is 0 Å². The van der Waals surface area contributed by atoms with Crippen LogP contribution >= 0.6 is 15.9 Å². The number of pyridine rings is 1. The summed E-state index contributed by atoms with van der Waals surface area (Å²) < 4.78 is 6.18. The molecule has 0 bridgehead atoms. The summed E-state index contributed by atoms with van der Waals surface area (Å²) in [4.78, 5) is 36.5. The Morgan fingerprint density at radius 2 is 1.90 bits per heavy atom. The van der Waals surface area contributed by atoms with Crippen molar-refractivity contribution in [3.05, 3.63) is 96.8 Å². The van der Waals surface area contributed by atoms with E-state index >= 15 is 0 Å². The molecule has 3 aromatic rings. The number of benzene rings is 2. The standard InChI is InChI=1S/C19H12BrN5O6/c20-14-7-13(10-21-11-14)19(26)23-22-9-12-2-1-3-16(6-12)31-18-5-4-15(24(27)28)8-17(18)25(29)30/h1-11H,(H,23,26)/b22-9-. The number of amides is 1. The molecule has 1 aromatic heterocycles. The second-order valence-corrected chi connectivity index (χ2v) is 6.85. The van der Waals surface area contributed by atoms with Gasteiger partial charge in [-0.3, -0.25) is 30.0 Å². The number of aromatic nitrogens is 1. The third kappa shape index (κ3) is 5.67. The number of nitro benzene ring substituents is 2. The molecule has 156 valence electrons. The highest BCUT2D eigenvalue weighted by Crippen LogP contribution is 2.34. The van der Waals surface area contributed by atoms with Crippen molar-refractivity contribution in [1.29, 1.82) is 0 Å². The molecular formula is C19H12BrN5O6. The lowest BCUT2D eigenvalue weighted by atomic mass is 10.2. The van der Waals surface area contributed by atoms with Crippen LogP contribution in [-0.4, -0.2) is 27.0 Å². The molecule has 0 spiro atoms. The molecular weight excluding hydrogens is 474 g/mol. The molecule has 1 heterocycles. The number of carbonyl (C=O) groups is 1. The van der Waals surface area contributed by atoms with Crippen LogP contribution in [0.5, 0.6) is 11.5 Å². The molecule has 0 unspecified atom stereocenters. The third-order valence-electron chi connectivity index (χ3n) is 3.78. The van der Waals surface area contributed by atoms with Crippen molar-refractivity contribution in [3.63, 3.8) is 0 Å². The Kier molecular flexibility index (Phi) is 6.62. The fourth-order valence-electron chi connectivity index (χ4n) is 2.40. The minimum atomic E-state index is -0.764. The van der Waals surface area contributed by atoms with Gasteiger partial charge in [0.15, 0.2) is 0 Å². The van der Waals surface area contributed by atoms with E-state index in [1.165, 1.54) is 18.5 Å². The average Bonchev–Trinajstić information content (AvgIpc) is 2.74. The number of nitro groups is 2. The molecule has 0 radical (unpaired) electrons. The summed E-state index contributed by atoms with van der Waals surface area (Å²) in [6.45, 7) is 0. The van der Waals surface area contributed by atoms with Crippen molar-refractivity contribution in [2.45, 2.75) is 0 Å².